The van der Waals surface area contributed by atoms with Crippen LogP contribution >= 0.6 is 0 Å². The lowest BCUT2D eigenvalue weighted by Gasteiger charge is -2.36. The van der Waals surface area contributed by atoms with Crippen LogP contribution in [-0.4, -0.2) is 19.9 Å². The molecule has 0 aliphatic heterocycles. The van der Waals surface area contributed by atoms with Crippen LogP contribution in [0.15, 0.2) is 24.3 Å². The Morgan fingerprint density at radius 1 is 1.00 bits per heavy atom. The molecule has 0 aliphatic carbocycles. The molecule has 1 aromatic carbocycles. The second-order valence-corrected chi connectivity index (χ2v) is 13.1. The summed E-state index contributed by atoms with van der Waals surface area (Å²) in [6.45, 7) is 17.3. The quantitative estimate of drug-likeness (QED) is 0.567. The molecule has 0 fully saturated rings. The molecule has 0 aromatic heterocycles. The second-order valence-electron chi connectivity index (χ2n) is 8.25. The van der Waals surface area contributed by atoms with E-state index in [-0.39, 0.29) is 11.0 Å². The molecule has 1 aromatic rings. The van der Waals surface area contributed by atoms with E-state index in [0.29, 0.717) is 12.2 Å². The maximum absolute atomic E-state index is 12.0. The fraction of sp³-hybridized carbons (Fsp3) is 0.611. The summed E-state index contributed by atoms with van der Waals surface area (Å²) >= 11 is 0. The van der Waals surface area contributed by atoms with E-state index < -0.39 is 13.9 Å². The van der Waals surface area contributed by atoms with Gasteiger partial charge >= 0.3 is 5.97 Å². The van der Waals surface area contributed by atoms with Gasteiger partial charge in [0.2, 0.25) is 0 Å². The van der Waals surface area contributed by atoms with Crippen LogP contribution in [-0.2, 0) is 15.8 Å². The van der Waals surface area contributed by atoms with Gasteiger partial charge in [-0.3, -0.25) is 0 Å². The van der Waals surface area contributed by atoms with Crippen LogP contribution in [0.1, 0.15) is 57.5 Å². The largest absolute Gasteiger partial charge is 0.456 e. The van der Waals surface area contributed by atoms with E-state index in [0.717, 1.165) is 5.56 Å². The summed E-state index contributed by atoms with van der Waals surface area (Å²) in [5.41, 5.74) is 1.18. The number of carbonyl (C=O) groups is 1. The Balaban J connectivity index is 2.69. The van der Waals surface area contributed by atoms with Crippen LogP contribution in [0.2, 0.25) is 18.1 Å². The molecule has 4 heteroatoms. The molecule has 0 saturated heterocycles. The van der Waals surface area contributed by atoms with Gasteiger partial charge in [0.1, 0.15) is 5.60 Å². The molecule has 0 saturated carbocycles. The summed E-state index contributed by atoms with van der Waals surface area (Å²) in [5.74, 6) is -0.288. The highest BCUT2D eigenvalue weighted by molar-refractivity contribution is 6.74. The van der Waals surface area contributed by atoms with Crippen LogP contribution in [0.3, 0.4) is 0 Å². The zero-order valence-electron chi connectivity index (χ0n) is 15.2. The van der Waals surface area contributed by atoms with Gasteiger partial charge in [-0.25, -0.2) is 4.79 Å². The van der Waals surface area contributed by atoms with Crippen molar-refractivity contribution in [2.75, 3.05) is 0 Å². The highest BCUT2D eigenvalue weighted by Gasteiger charge is 2.37. The molecule has 3 nitrogen and oxygen atoms in total. The molecule has 0 atom stereocenters. The van der Waals surface area contributed by atoms with Crippen LogP contribution in [0, 0.1) is 0 Å². The molecule has 0 unspecified atom stereocenters. The van der Waals surface area contributed by atoms with E-state index >= 15 is 0 Å². The van der Waals surface area contributed by atoms with Crippen molar-refractivity contribution in [3.8, 4) is 0 Å². The zero-order valence-corrected chi connectivity index (χ0v) is 16.2. The maximum Gasteiger partial charge on any atom is 0.338 e. The lowest BCUT2D eigenvalue weighted by molar-refractivity contribution is 0.00695. The zero-order chi connectivity index (χ0) is 17.2. The smallest absolute Gasteiger partial charge is 0.338 e. The first-order valence-corrected chi connectivity index (χ1v) is 10.7. The molecule has 0 radical (unpaired) electrons. The average molecular weight is 323 g/mol. The number of rotatable bonds is 4. The minimum Gasteiger partial charge on any atom is -0.456 e. The van der Waals surface area contributed by atoms with E-state index in [1.54, 1.807) is 12.1 Å². The Morgan fingerprint density at radius 3 is 1.91 bits per heavy atom. The average Bonchev–Trinajstić information content (AvgIpc) is 2.33. The first kappa shape index (κ1) is 18.9. The Kier molecular flexibility index (Phi) is 5.63. The van der Waals surface area contributed by atoms with Crippen molar-refractivity contribution in [1.82, 2.24) is 0 Å². The van der Waals surface area contributed by atoms with Gasteiger partial charge in [0.05, 0.1) is 12.2 Å². The third-order valence-electron chi connectivity index (χ3n) is 3.99. The van der Waals surface area contributed by atoms with Gasteiger partial charge in [-0.05, 0) is 56.6 Å². The molecule has 0 heterocycles. The maximum atomic E-state index is 12.0. The number of esters is 1. The minimum absolute atomic E-state index is 0.198. The summed E-state index contributed by atoms with van der Waals surface area (Å²) in [5, 5.41) is 0.198. The molecule has 0 bridgehead atoms. The van der Waals surface area contributed by atoms with E-state index in [2.05, 4.69) is 33.9 Å². The SMILES string of the molecule is CC(C)(C)OC(=O)c1ccc(CO[Si](C)(C)C(C)(C)C)cc1. The van der Waals surface area contributed by atoms with Crippen molar-refractivity contribution >= 4 is 14.3 Å². The van der Waals surface area contributed by atoms with Crippen LogP contribution in [0.4, 0.5) is 0 Å². The minimum atomic E-state index is -1.75. The number of carbonyl (C=O) groups excluding carboxylic acids is 1. The number of hydrogen-bond acceptors (Lipinski definition) is 3. The van der Waals surface area contributed by atoms with Crippen LogP contribution < -0.4 is 0 Å². The van der Waals surface area contributed by atoms with Crippen molar-refractivity contribution in [1.29, 1.82) is 0 Å². The third kappa shape index (κ3) is 5.58. The molecule has 22 heavy (non-hydrogen) atoms. The molecular weight excluding hydrogens is 292 g/mol. The van der Waals surface area contributed by atoms with E-state index in [1.807, 2.05) is 32.9 Å². The number of benzene rings is 1. The van der Waals surface area contributed by atoms with Crippen molar-refractivity contribution in [2.24, 2.45) is 0 Å². The monoisotopic (exact) mass is 322 g/mol. The summed E-state index contributed by atoms with van der Waals surface area (Å²) in [6, 6.07) is 7.48. The second kappa shape index (κ2) is 6.55. The summed E-state index contributed by atoms with van der Waals surface area (Å²) in [4.78, 5) is 12.0. The molecule has 0 amide bonds. The standard InChI is InChI=1S/C18H30O3Si/c1-17(2,3)21-16(19)15-11-9-14(10-12-15)13-20-22(7,8)18(4,5)6/h9-12H,13H2,1-8H3. The lowest BCUT2D eigenvalue weighted by Crippen LogP contribution is -2.40. The molecule has 124 valence electrons. The van der Waals surface area contributed by atoms with Crippen LogP contribution in [0.5, 0.6) is 0 Å². The number of ether oxygens (including phenoxy) is 1. The third-order valence-corrected chi connectivity index (χ3v) is 8.47. The Hall–Kier alpha value is -1.13. The van der Waals surface area contributed by atoms with E-state index in [1.165, 1.54) is 0 Å². The van der Waals surface area contributed by atoms with Gasteiger partial charge < -0.3 is 9.16 Å². The van der Waals surface area contributed by atoms with Gasteiger partial charge in [0.15, 0.2) is 8.32 Å². The van der Waals surface area contributed by atoms with E-state index in [9.17, 15) is 4.79 Å². The van der Waals surface area contributed by atoms with Gasteiger partial charge in [-0.15, -0.1) is 0 Å². The lowest BCUT2D eigenvalue weighted by atomic mass is 10.1. The van der Waals surface area contributed by atoms with E-state index in [4.69, 9.17) is 9.16 Å². The molecule has 1 rings (SSSR count). The van der Waals surface area contributed by atoms with Crippen molar-refractivity contribution in [3.63, 3.8) is 0 Å². The van der Waals surface area contributed by atoms with Gasteiger partial charge in [-0.1, -0.05) is 32.9 Å². The van der Waals surface area contributed by atoms with Gasteiger partial charge in [-0.2, -0.15) is 0 Å². The highest BCUT2D eigenvalue weighted by Crippen LogP contribution is 2.37. The summed E-state index contributed by atoms with van der Waals surface area (Å²) < 4.78 is 11.5. The van der Waals surface area contributed by atoms with Crippen molar-refractivity contribution < 1.29 is 14.0 Å². The number of hydrogen-bond donors (Lipinski definition) is 0. The fourth-order valence-electron chi connectivity index (χ4n) is 1.55. The molecular formula is C18H30O3Si. The first-order chi connectivity index (χ1) is 9.82. The fourth-order valence-corrected chi connectivity index (χ4v) is 2.51. The summed E-state index contributed by atoms with van der Waals surface area (Å²) in [7, 11) is -1.75. The normalized spacial score (nSPS) is 13.1. The topological polar surface area (TPSA) is 35.5 Å². The molecule has 0 N–H and O–H groups in total. The van der Waals surface area contributed by atoms with Gasteiger partial charge in [0.25, 0.3) is 0 Å². The Labute approximate surface area is 136 Å². The van der Waals surface area contributed by atoms with Crippen molar-refractivity contribution in [2.45, 2.75) is 71.9 Å². The van der Waals surface area contributed by atoms with Gasteiger partial charge in [0, 0.05) is 0 Å². The predicted molar refractivity (Wildman–Crippen MR) is 93.6 cm³/mol. The predicted octanol–water partition coefficient (Wildman–Crippen LogP) is 5.16. The molecule has 0 aliphatic rings. The molecule has 0 spiro atoms. The Morgan fingerprint density at radius 2 is 1.50 bits per heavy atom. The Bertz CT molecular complexity index is 505. The summed E-state index contributed by atoms with van der Waals surface area (Å²) in [6.07, 6.45) is 0. The van der Waals surface area contributed by atoms with Crippen molar-refractivity contribution in [3.05, 3.63) is 35.4 Å². The highest BCUT2D eigenvalue weighted by atomic mass is 28.4. The first-order valence-electron chi connectivity index (χ1n) is 7.78. The van der Waals surface area contributed by atoms with Crippen LogP contribution in [0.25, 0.3) is 0 Å².